The van der Waals surface area contributed by atoms with E-state index in [-0.39, 0.29) is 0 Å². The largest absolute Gasteiger partial charge is 0.312 e. The summed E-state index contributed by atoms with van der Waals surface area (Å²) in [7, 11) is 0. The molecule has 17 heavy (non-hydrogen) atoms. The highest BCUT2D eigenvalue weighted by Gasteiger charge is 2.03. The molecule has 0 spiro atoms. The molecule has 1 unspecified atom stereocenters. The summed E-state index contributed by atoms with van der Waals surface area (Å²) in [6, 6.07) is 2.75. The SMILES string of the molecule is CCCCCC(C)NCCn1nc(C)cc1C. The molecule has 1 N–H and O–H groups in total. The quantitative estimate of drug-likeness (QED) is 0.704. The van der Waals surface area contributed by atoms with Gasteiger partial charge in [0.15, 0.2) is 0 Å². The predicted molar refractivity (Wildman–Crippen MR) is 73.3 cm³/mol. The predicted octanol–water partition coefficient (Wildman–Crippen LogP) is 3.06. The van der Waals surface area contributed by atoms with Gasteiger partial charge in [-0.25, -0.2) is 0 Å². The molecule has 0 aromatic carbocycles. The Hall–Kier alpha value is -0.830. The van der Waals surface area contributed by atoms with Gasteiger partial charge in [0.25, 0.3) is 0 Å². The van der Waals surface area contributed by atoms with E-state index in [9.17, 15) is 0 Å². The number of hydrogen-bond donors (Lipinski definition) is 1. The van der Waals surface area contributed by atoms with Gasteiger partial charge in [-0.15, -0.1) is 0 Å². The monoisotopic (exact) mass is 237 g/mol. The second kappa shape index (κ2) is 7.49. The second-order valence-corrected chi connectivity index (χ2v) is 5.00. The van der Waals surface area contributed by atoms with Crippen LogP contribution in [-0.4, -0.2) is 22.4 Å². The lowest BCUT2D eigenvalue weighted by atomic mass is 10.1. The summed E-state index contributed by atoms with van der Waals surface area (Å²) in [5.74, 6) is 0. The van der Waals surface area contributed by atoms with Gasteiger partial charge in [0, 0.05) is 18.3 Å². The van der Waals surface area contributed by atoms with Gasteiger partial charge < -0.3 is 5.32 Å². The van der Waals surface area contributed by atoms with Crippen molar-refractivity contribution < 1.29 is 0 Å². The molecule has 1 atom stereocenters. The maximum atomic E-state index is 4.46. The van der Waals surface area contributed by atoms with E-state index in [4.69, 9.17) is 0 Å². The summed E-state index contributed by atoms with van der Waals surface area (Å²) < 4.78 is 2.08. The van der Waals surface area contributed by atoms with Gasteiger partial charge in [-0.2, -0.15) is 5.10 Å². The fraction of sp³-hybridized carbons (Fsp3) is 0.786. The normalized spacial score (nSPS) is 12.9. The highest BCUT2D eigenvalue weighted by Crippen LogP contribution is 2.03. The standard InChI is InChI=1S/C14H27N3/c1-5-6-7-8-12(2)15-9-10-17-14(4)11-13(3)16-17/h11-12,15H,5-10H2,1-4H3. The van der Waals surface area contributed by atoms with Crippen LogP contribution in [0.15, 0.2) is 6.07 Å². The van der Waals surface area contributed by atoms with Gasteiger partial charge in [0.1, 0.15) is 0 Å². The molecule has 0 aliphatic rings. The lowest BCUT2D eigenvalue weighted by Gasteiger charge is -2.13. The molecule has 0 fully saturated rings. The Balaban J connectivity index is 2.17. The number of nitrogens with one attached hydrogen (secondary N) is 1. The van der Waals surface area contributed by atoms with Crippen molar-refractivity contribution in [1.82, 2.24) is 15.1 Å². The maximum Gasteiger partial charge on any atom is 0.0596 e. The molecule has 98 valence electrons. The summed E-state index contributed by atoms with van der Waals surface area (Å²) in [5, 5.41) is 8.02. The molecule has 0 amide bonds. The van der Waals surface area contributed by atoms with Crippen LogP contribution in [0.3, 0.4) is 0 Å². The molecule has 0 radical (unpaired) electrons. The van der Waals surface area contributed by atoms with Gasteiger partial charge in [0.05, 0.1) is 12.2 Å². The zero-order valence-electron chi connectivity index (χ0n) is 11.8. The molecular weight excluding hydrogens is 210 g/mol. The molecule has 1 aromatic heterocycles. The fourth-order valence-electron chi connectivity index (χ4n) is 2.12. The van der Waals surface area contributed by atoms with E-state index in [1.165, 1.54) is 31.4 Å². The third-order valence-electron chi connectivity index (χ3n) is 3.16. The van der Waals surface area contributed by atoms with Crippen molar-refractivity contribution in [3.63, 3.8) is 0 Å². The lowest BCUT2D eigenvalue weighted by molar-refractivity contribution is 0.456. The van der Waals surface area contributed by atoms with Gasteiger partial charge in [-0.1, -0.05) is 26.2 Å². The van der Waals surface area contributed by atoms with Gasteiger partial charge in [-0.05, 0) is 33.3 Å². The van der Waals surface area contributed by atoms with E-state index in [0.717, 1.165) is 18.8 Å². The Morgan fingerprint density at radius 1 is 1.35 bits per heavy atom. The van der Waals surface area contributed by atoms with E-state index in [1.54, 1.807) is 0 Å². The first kappa shape index (κ1) is 14.2. The Kier molecular flexibility index (Phi) is 6.27. The van der Waals surface area contributed by atoms with Crippen LogP contribution in [0.5, 0.6) is 0 Å². The van der Waals surface area contributed by atoms with Crippen molar-refractivity contribution in [1.29, 1.82) is 0 Å². The lowest BCUT2D eigenvalue weighted by Crippen LogP contribution is -2.29. The maximum absolute atomic E-state index is 4.46. The fourth-order valence-corrected chi connectivity index (χ4v) is 2.12. The Morgan fingerprint density at radius 2 is 2.12 bits per heavy atom. The van der Waals surface area contributed by atoms with Crippen molar-refractivity contribution in [2.45, 2.75) is 66.0 Å². The van der Waals surface area contributed by atoms with E-state index in [2.05, 4.69) is 41.9 Å². The first-order valence-electron chi connectivity index (χ1n) is 6.88. The van der Waals surface area contributed by atoms with Gasteiger partial charge in [0.2, 0.25) is 0 Å². The van der Waals surface area contributed by atoms with Gasteiger partial charge >= 0.3 is 0 Å². The Bertz CT molecular complexity index is 317. The van der Waals surface area contributed by atoms with Crippen LogP contribution >= 0.6 is 0 Å². The van der Waals surface area contributed by atoms with Crippen LogP contribution in [-0.2, 0) is 6.54 Å². The zero-order valence-corrected chi connectivity index (χ0v) is 11.8. The average molecular weight is 237 g/mol. The van der Waals surface area contributed by atoms with Crippen molar-refractivity contribution in [2.75, 3.05) is 6.54 Å². The third-order valence-corrected chi connectivity index (χ3v) is 3.16. The topological polar surface area (TPSA) is 29.9 Å². The summed E-state index contributed by atoms with van der Waals surface area (Å²) in [5.41, 5.74) is 2.36. The number of unbranched alkanes of at least 4 members (excludes halogenated alkanes) is 2. The summed E-state index contributed by atoms with van der Waals surface area (Å²) in [4.78, 5) is 0. The van der Waals surface area contributed by atoms with Crippen molar-refractivity contribution in [2.24, 2.45) is 0 Å². The molecule has 3 heteroatoms. The minimum Gasteiger partial charge on any atom is -0.312 e. The average Bonchev–Trinajstić information content (AvgIpc) is 2.58. The highest BCUT2D eigenvalue weighted by molar-refractivity contribution is 5.06. The summed E-state index contributed by atoms with van der Waals surface area (Å²) in [6.07, 6.45) is 5.28. The van der Waals surface area contributed by atoms with Crippen LogP contribution in [0.1, 0.15) is 50.9 Å². The molecule has 3 nitrogen and oxygen atoms in total. The van der Waals surface area contributed by atoms with E-state index in [1.807, 2.05) is 6.92 Å². The third kappa shape index (κ3) is 5.35. The van der Waals surface area contributed by atoms with Crippen LogP contribution in [0.2, 0.25) is 0 Å². The minimum atomic E-state index is 0.624. The van der Waals surface area contributed by atoms with Gasteiger partial charge in [-0.3, -0.25) is 4.68 Å². The number of rotatable bonds is 8. The first-order chi connectivity index (χ1) is 8.13. The van der Waals surface area contributed by atoms with Crippen molar-refractivity contribution in [3.8, 4) is 0 Å². The molecule has 1 heterocycles. The first-order valence-corrected chi connectivity index (χ1v) is 6.88. The minimum absolute atomic E-state index is 0.624. The van der Waals surface area contributed by atoms with Crippen LogP contribution in [0, 0.1) is 13.8 Å². The molecule has 1 aromatic rings. The Labute approximate surface area is 106 Å². The molecule has 0 aliphatic carbocycles. The molecule has 1 rings (SSSR count). The Morgan fingerprint density at radius 3 is 2.71 bits per heavy atom. The zero-order chi connectivity index (χ0) is 12.7. The number of aromatic nitrogens is 2. The van der Waals surface area contributed by atoms with Crippen LogP contribution in [0.25, 0.3) is 0 Å². The molecule has 0 saturated heterocycles. The van der Waals surface area contributed by atoms with Crippen LogP contribution < -0.4 is 5.32 Å². The summed E-state index contributed by atoms with van der Waals surface area (Å²) in [6.45, 7) is 10.7. The van der Waals surface area contributed by atoms with E-state index < -0.39 is 0 Å². The molecule has 0 aliphatic heterocycles. The smallest absolute Gasteiger partial charge is 0.0596 e. The number of nitrogens with zero attached hydrogens (tertiary/aromatic N) is 2. The van der Waals surface area contributed by atoms with Crippen LogP contribution in [0.4, 0.5) is 0 Å². The van der Waals surface area contributed by atoms with Crippen molar-refractivity contribution in [3.05, 3.63) is 17.5 Å². The van der Waals surface area contributed by atoms with E-state index in [0.29, 0.717) is 6.04 Å². The second-order valence-electron chi connectivity index (χ2n) is 5.00. The number of hydrogen-bond acceptors (Lipinski definition) is 2. The van der Waals surface area contributed by atoms with Crippen molar-refractivity contribution >= 4 is 0 Å². The highest BCUT2D eigenvalue weighted by atomic mass is 15.3. The number of aryl methyl sites for hydroxylation is 2. The molecular formula is C14H27N3. The summed E-state index contributed by atoms with van der Waals surface area (Å²) >= 11 is 0. The molecule has 0 saturated carbocycles. The van der Waals surface area contributed by atoms with E-state index >= 15 is 0 Å². The molecule has 0 bridgehead atoms.